The Bertz CT molecular complexity index is 1520. The maximum Gasteiger partial charge on any atom is 0.348 e. The number of nitrogens with zero attached hydrogens (tertiary/aromatic N) is 5. The van der Waals surface area contributed by atoms with Gasteiger partial charge in [-0.1, -0.05) is 18.2 Å². The van der Waals surface area contributed by atoms with Gasteiger partial charge in [-0.3, -0.25) is 49.8 Å². The number of aryl methyl sites for hydroxylation is 1. The van der Waals surface area contributed by atoms with Gasteiger partial charge >= 0.3 is 22.7 Å². The van der Waals surface area contributed by atoms with Gasteiger partial charge in [0.15, 0.2) is 0 Å². The number of carbonyl (C=O) groups is 1. The van der Waals surface area contributed by atoms with Gasteiger partial charge in [0, 0.05) is 40.6 Å². The van der Waals surface area contributed by atoms with Crippen LogP contribution in [0.4, 0.5) is 22.7 Å². The molecule has 0 saturated carbocycles. The Morgan fingerprint density at radius 1 is 0.676 bits per heavy atom. The number of carbonyl (C=O) groups excluding carboxylic acids is 1. The Balaban J connectivity index is 2.25. The van der Waals surface area contributed by atoms with Crippen molar-refractivity contribution in [1.29, 1.82) is 0 Å². The first-order chi connectivity index (χ1) is 16.0. The molecule has 0 N–H and O–H groups in total. The van der Waals surface area contributed by atoms with Crippen LogP contribution < -0.4 is 0 Å². The van der Waals surface area contributed by atoms with Crippen LogP contribution in [-0.4, -0.2) is 30.2 Å². The number of benzene rings is 3. The van der Waals surface area contributed by atoms with E-state index in [1.165, 1.54) is 6.07 Å². The summed E-state index contributed by atoms with van der Waals surface area (Å²) >= 11 is 0. The average molecular weight is 465 g/mol. The minimum absolute atomic E-state index is 0.0905. The summed E-state index contributed by atoms with van der Waals surface area (Å²) < 4.78 is 0.931. The van der Waals surface area contributed by atoms with Gasteiger partial charge in [-0.25, -0.2) is 0 Å². The van der Waals surface area contributed by atoms with E-state index in [1.54, 1.807) is 25.1 Å². The summed E-state index contributed by atoms with van der Waals surface area (Å²) in [5, 5.41) is 45.8. The van der Waals surface area contributed by atoms with E-state index in [2.05, 4.69) is 0 Å². The lowest BCUT2D eigenvalue weighted by Gasteiger charge is -2.09. The van der Waals surface area contributed by atoms with Gasteiger partial charge in [-0.2, -0.15) is 0 Å². The standard InChI is InChI=1S/C20H11N5O9/c1-10-4-2-3-5-11(10)20(26)21-14-8-18(24(31)32)16(22(27)28)6-12(14)13-7-17(23(29)30)19(25(33)34)9-15(13)21/h2-9H,1H3. The molecule has 0 radical (unpaired) electrons. The Morgan fingerprint density at radius 3 is 1.44 bits per heavy atom. The summed E-state index contributed by atoms with van der Waals surface area (Å²) in [6, 6.07) is 9.59. The van der Waals surface area contributed by atoms with E-state index in [1.807, 2.05) is 0 Å². The summed E-state index contributed by atoms with van der Waals surface area (Å²) in [5.41, 5.74) is -3.29. The normalized spacial score (nSPS) is 11.0. The maximum atomic E-state index is 13.5. The lowest BCUT2D eigenvalue weighted by atomic mass is 10.1. The van der Waals surface area contributed by atoms with Crippen LogP contribution >= 0.6 is 0 Å². The van der Waals surface area contributed by atoms with E-state index in [0.717, 1.165) is 28.8 Å². The number of hydrogen-bond donors (Lipinski definition) is 0. The summed E-state index contributed by atoms with van der Waals surface area (Å²) in [5.74, 6) is -0.732. The highest BCUT2D eigenvalue weighted by molar-refractivity contribution is 6.18. The molecule has 0 spiro atoms. The monoisotopic (exact) mass is 465 g/mol. The third kappa shape index (κ3) is 3.26. The SMILES string of the molecule is Cc1ccccc1C(=O)n1c2cc([N+](=O)[O-])c([N+](=O)[O-])cc2c2cc([N+](=O)[O-])c([N+](=O)[O-])cc21. The minimum atomic E-state index is -0.997. The molecule has 4 aromatic rings. The second kappa shape index (κ2) is 7.70. The zero-order valence-corrected chi connectivity index (χ0v) is 17.0. The molecule has 0 unspecified atom stereocenters. The first-order valence-electron chi connectivity index (χ1n) is 9.37. The number of nitro benzene ring substituents is 4. The Kier molecular flexibility index (Phi) is 4.97. The molecule has 0 amide bonds. The van der Waals surface area contributed by atoms with Crippen LogP contribution in [0, 0.1) is 47.4 Å². The summed E-state index contributed by atoms with van der Waals surface area (Å²) in [4.78, 5) is 55.5. The summed E-state index contributed by atoms with van der Waals surface area (Å²) in [6.45, 7) is 1.63. The molecule has 4 rings (SSSR count). The fourth-order valence-electron chi connectivity index (χ4n) is 3.80. The van der Waals surface area contributed by atoms with Crippen LogP contribution in [0.2, 0.25) is 0 Å². The highest BCUT2D eigenvalue weighted by Crippen LogP contribution is 2.41. The summed E-state index contributed by atoms with van der Waals surface area (Å²) in [7, 11) is 0. The molecule has 0 atom stereocenters. The lowest BCUT2D eigenvalue weighted by molar-refractivity contribution is -0.422. The van der Waals surface area contributed by atoms with Crippen molar-refractivity contribution < 1.29 is 24.5 Å². The smallest absolute Gasteiger partial charge is 0.275 e. The average Bonchev–Trinajstić information content (AvgIpc) is 3.09. The van der Waals surface area contributed by atoms with Crippen molar-refractivity contribution in [3.63, 3.8) is 0 Å². The molecule has 0 aliphatic carbocycles. The van der Waals surface area contributed by atoms with Crippen LogP contribution in [-0.2, 0) is 0 Å². The number of rotatable bonds is 5. The molecule has 1 heterocycles. The van der Waals surface area contributed by atoms with Crippen LogP contribution in [0.15, 0.2) is 48.5 Å². The van der Waals surface area contributed by atoms with Crippen molar-refractivity contribution in [1.82, 2.24) is 4.57 Å². The number of hydrogen-bond acceptors (Lipinski definition) is 9. The van der Waals surface area contributed by atoms with E-state index in [0.29, 0.717) is 5.56 Å². The van der Waals surface area contributed by atoms with Gasteiger partial charge in [0.05, 0.1) is 30.7 Å². The number of nitro groups is 4. The summed E-state index contributed by atoms with van der Waals surface area (Å²) in [6.07, 6.45) is 0. The molecule has 0 fully saturated rings. The second-order valence-corrected chi connectivity index (χ2v) is 7.20. The van der Waals surface area contributed by atoms with Crippen molar-refractivity contribution in [2.75, 3.05) is 0 Å². The molecule has 0 aliphatic heterocycles. The quantitative estimate of drug-likeness (QED) is 0.302. The fourth-order valence-corrected chi connectivity index (χ4v) is 3.80. The zero-order valence-electron chi connectivity index (χ0n) is 17.0. The van der Waals surface area contributed by atoms with Crippen LogP contribution in [0.5, 0.6) is 0 Å². The topological polar surface area (TPSA) is 195 Å². The minimum Gasteiger partial charge on any atom is -0.275 e. The molecule has 14 heteroatoms. The van der Waals surface area contributed by atoms with Crippen molar-refractivity contribution in [3.8, 4) is 0 Å². The van der Waals surface area contributed by atoms with Gasteiger partial charge in [-0.05, 0) is 18.6 Å². The molecule has 0 bridgehead atoms. The highest BCUT2D eigenvalue weighted by atomic mass is 16.6. The van der Waals surface area contributed by atoms with Crippen molar-refractivity contribution >= 4 is 50.5 Å². The van der Waals surface area contributed by atoms with E-state index in [-0.39, 0.29) is 27.4 Å². The Hall–Kier alpha value is -5.27. The van der Waals surface area contributed by atoms with Gasteiger partial charge in [-0.15, -0.1) is 0 Å². The van der Waals surface area contributed by atoms with Crippen molar-refractivity contribution in [3.05, 3.63) is 100 Å². The van der Waals surface area contributed by atoms with Crippen LogP contribution in [0.1, 0.15) is 15.9 Å². The first-order valence-corrected chi connectivity index (χ1v) is 9.37. The molecule has 14 nitrogen and oxygen atoms in total. The predicted molar refractivity (Wildman–Crippen MR) is 117 cm³/mol. The van der Waals surface area contributed by atoms with Gasteiger partial charge in [0.2, 0.25) is 0 Å². The molecule has 3 aromatic carbocycles. The largest absolute Gasteiger partial charge is 0.348 e. The Morgan fingerprint density at radius 2 is 1.06 bits per heavy atom. The third-order valence-electron chi connectivity index (χ3n) is 5.32. The van der Waals surface area contributed by atoms with Crippen molar-refractivity contribution in [2.45, 2.75) is 6.92 Å². The lowest BCUT2D eigenvalue weighted by Crippen LogP contribution is -2.13. The fraction of sp³-hybridized carbons (Fsp3) is 0.0500. The van der Waals surface area contributed by atoms with E-state index >= 15 is 0 Å². The molecule has 1 aromatic heterocycles. The van der Waals surface area contributed by atoms with Gasteiger partial charge in [0.25, 0.3) is 5.91 Å². The second-order valence-electron chi connectivity index (χ2n) is 7.20. The Labute approximate surface area is 187 Å². The van der Waals surface area contributed by atoms with Crippen LogP contribution in [0.25, 0.3) is 21.8 Å². The van der Waals surface area contributed by atoms with Gasteiger partial charge in [0.1, 0.15) is 0 Å². The third-order valence-corrected chi connectivity index (χ3v) is 5.32. The molecule has 0 saturated heterocycles. The molecule has 170 valence electrons. The molecular weight excluding hydrogens is 454 g/mol. The molecule has 0 aliphatic rings. The molecule has 34 heavy (non-hydrogen) atoms. The zero-order chi connectivity index (χ0) is 24.9. The maximum absolute atomic E-state index is 13.5. The van der Waals surface area contributed by atoms with Crippen molar-refractivity contribution in [2.24, 2.45) is 0 Å². The predicted octanol–water partition coefficient (Wildman–Crippen LogP) is 4.42. The van der Waals surface area contributed by atoms with Gasteiger partial charge < -0.3 is 0 Å². The molecular formula is C20H11N5O9. The number of aromatic nitrogens is 1. The van der Waals surface area contributed by atoms with E-state index < -0.39 is 48.3 Å². The van der Waals surface area contributed by atoms with E-state index in [4.69, 9.17) is 0 Å². The van der Waals surface area contributed by atoms with Crippen LogP contribution in [0.3, 0.4) is 0 Å². The number of fused-ring (bicyclic) bond motifs is 3. The highest BCUT2D eigenvalue weighted by Gasteiger charge is 2.33. The first kappa shape index (κ1) is 21.9. The van der Waals surface area contributed by atoms with E-state index in [9.17, 15) is 45.3 Å².